The van der Waals surface area contributed by atoms with Crippen molar-refractivity contribution >= 4 is 23.5 Å². The lowest BCUT2D eigenvalue weighted by Crippen LogP contribution is -2.07. The second-order valence-electron chi connectivity index (χ2n) is 6.60. The Morgan fingerprint density at radius 3 is 2.61 bits per heavy atom. The molecule has 28 heavy (non-hydrogen) atoms. The van der Waals surface area contributed by atoms with Gasteiger partial charge in [0.05, 0.1) is 11.3 Å². The predicted octanol–water partition coefficient (Wildman–Crippen LogP) is 4.84. The predicted molar refractivity (Wildman–Crippen MR) is 114 cm³/mol. The molecule has 5 nitrogen and oxygen atoms in total. The largest absolute Gasteiger partial charge is 0.478 e. The fourth-order valence-electron chi connectivity index (χ4n) is 2.93. The molecule has 0 bridgehead atoms. The molecule has 0 spiro atoms. The van der Waals surface area contributed by atoms with Crippen molar-refractivity contribution in [3.05, 3.63) is 71.0 Å². The third-order valence-corrected chi connectivity index (χ3v) is 5.46. The molecule has 1 heterocycles. The molecular weight excluding hydrogens is 370 g/mol. The van der Waals surface area contributed by atoms with Crippen molar-refractivity contribution < 1.29 is 9.90 Å². The average Bonchev–Trinajstić information content (AvgIpc) is 2.70. The van der Waals surface area contributed by atoms with Crippen LogP contribution >= 0.6 is 11.8 Å². The Balaban J connectivity index is 1.71. The number of carboxylic acid groups (broad SMARTS) is 1. The number of nitrogens with one attached hydrogen (secondary N) is 1. The average molecular weight is 394 g/mol. The van der Waals surface area contributed by atoms with Gasteiger partial charge in [0.1, 0.15) is 12.1 Å². The molecule has 144 valence electrons. The highest BCUT2D eigenvalue weighted by Crippen LogP contribution is 2.27. The number of aromatic nitrogens is 2. The van der Waals surface area contributed by atoms with Crippen LogP contribution in [0.2, 0.25) is 0 Å². The molecule has 0 saturated heterocycles. The van der Waals surface area contributed by atoms with Gasteiger partial charge in [0.25, 0.3) is 0 Å². The van der Waals surface area contributed by atoms with E-state index in [0.29, 0.717) is 10.5 Å². The summed E-state index contributed by atoms with van der Waals surface area (Å²) in [5.41, 5.74) is 5.83. The first-order chi connectivity index (χ1) is 13.5. The van der Waals surface area contributed by atoms with E-state index in [0.717, 1.165) is 30.0 Å². The lowest BCUT2D eigenvalue weighted by atomic mass is 10.0. The molecule has 0 unspecified atom stereocenters. The Hall–Kier alpha value is -2.86. The van der Waals surface area contributed by atoms with Crippen LogP contribution in [0.3, 0.4) is 0 Å². The van der Waals surface area contributed by atoms with Crippen molar-refractivity contribution in [2.75, 3.05) is 18.1 Å². The van der Waals surface area contributed by atoms with E-state index in [-0.39, 0.29) is 0 Å². The van der Waals surface area contributed by atoms with Gasteiger partial charge in [0.15, 0.2) is 0 Å². The maximum Gasteiger partial charge on any atom is 0.336 e. The van der Waals surface area contributed by atoms with Crippen molar-refractivity contribution in [1.82, 2.24) is 9.97 Å². The van der Waals surface area contributed by atoms with Crippen molar-refractivity contribution in [3.8, 4) is 11.3 Å². The lowest BCUT2D eigenvalue weighted by Gasteiger charge is -2.10. The van der Waals surface area contributed by atoms with Crippen LogP contribution < -0.4 is 5.32 Å². The molecule has 2 N–H and O–H groups in total. The summed E-state index contributed by atoms with van der Waals surface area (Å²) in [6.07, 6.45) is 4.30. The number of aromatic carboxylic acids is 1. The number of benzene rings is 2. The van der Waals surface area contributed by atoms with Gasteiger partial charge in [0, 0.05) is 23.1 Å². The van der Waals surface area contributed by atoms with Gasteiger partial charge in [0.2, 0.25) is 0 Å². The topological polar surface area (TPSA) is 75.1 Å². The van der Waals surface area contributed by atoms with Crippen LogP contribution in [-0.2, 0) is 6.42 Å². The smallest absolute Gasteiger partial charge is 0.336 e. The minimum atomic E-state index is -0.924. The number of aryl methyl sites for hydroxylation is 2. The highest BCUT2D eigenvalue weighted by Gasteiger charge is 2.11. The van der Waals surface area contributed by atoms with E-state index in [1.807, 2.05) is 18.4 Å². The van der Waals surface area contributed by atoms with Gasteiger partial charge in [-0.05, 0) is 55.3 Å². The van der Waals surface area contributed by atoms with Crippen LogP contribution in [0, 0.1) is 13.8 Å². The Morgan fingerprint density at radius 2 is 1.89 bits per heavy atom. The number of rotatable bonds is 7. The first-order valence-corrected chi connectivity index (χ1v) is 10.2. The number of hydrogen-bond acceptors (Lipinski definition) is 5. The molecule has 0 aliphatic rings. The Labute approximate surface area is 169 Å². The molecule has 0 amide bonds. The van der Waals surface area contributed by atoms with Crippen molar-refractivity contribution in [2.45, 2.75) is 25.2 Å². The van der Waals surface area contributed by atoms with Crippen LogP contribution in [0.15, 0.2) is 53.7 Å². The van der Waals surface area contributed by atoms with E-state index in [2.05, 4.69) is 47.3 Å². The molecule has 6 heteroatoms. The summed E-state index contributed by atoms with van der Waals surface area (Å²) in [4.78, 5) is 20.7. The van der Waals surface area contributed by atoms with Crippen molar-refractivity contribution in [1.29, 1.82) is 0 Å². The molecule has 0 atom stereocenters. The van der Waals surface area contributed by atoms with E-state index in [4.69, 9.17) is 0 Å². The van der Waals surface area contributed by atoms with Crippen LogP contribution in [-0.4, -0.2) is 33.8 Å². The van der Waals surface area contributed by atoms with E-state index in [1.54, 1.807) is 12.1 Å². The minimum Gasteiger partial charge on any atom is -0.478 e. The van der Waals surface area contributed by atoms with Crippen LogP contribution in [0.4, 0.5) is 5.82 Å². The Bertz CT molecular complexity index is 1000. The van der Waals surface area contributed by atoms with Crippen LogP contribution in [0.25, 0.3) is 11.3 Å². The first kappa shape index (κ1) is 19.9. The fraction of sp³-hybridized carbons (Fsp3) is 0.227. The van der Waals surface area contributed by atoms with E-state index >= 15 is 0 Å². The van der Waals surface area contributed by atoms with Gasteiger partial charge in [-0.1, -0.05) is 24.3 Å². The molecule has 0 fully saturated rings. The Kier molecular flexibility index (Phi) is 6.31. The summed E-state index contributed by atoms with van der Waals surface area (Å²) in [5, 5.41) is 12.6. The maximum absolute atomic E-state index is 11.3. The quantitative estimate of drug-likeness (QED) is 0.560. The maximum atomic E-state index is 11.3. The number of anilines is 1. The lowest BCUT2D eigenvalue weighted by molar-refractivity contribution is 0.0693. The normalized spacial score (nSPS) is 10.7. The van der Waals surface area contributed by atoms with E-state index in [9.17, 15) is 9.90 Å². The van der Waals surface area contributed by atoms with Gasteiger partial charge >= 0.3 is 5.97 Å². The molecule has 2 aromatic carbocycles. The second-order valence-corrected chi connectivity index (χ2v) is 7.45. The molecule has 3 aromatic rings. The summed E-state index contributed by atoms with van der Waals surface area (Å²) in [6, 6.07) is 13.7. The SMILES string of the molecule is CSc1cc(-c2cc(NCCc3ccc(C)c(C)c3)ncn2)ccc1C(=O)O. The summed E-state index contributed by atoms with van der Waals surface area (Å²) < 4.78 is 0. The summed E-state index contributed by atoms with van der Waals surface area (Å²) in [6.45, 7) is 5.01. The molecule has 1 aromatic heterocycles. The summed E-state index contributed by atoms with van der Waals surface area (Å²) in [7, 11) is 0. The second kappa shape index (κ2) is 8.89. The summed E-state index contributed by atoms with van der Waals surface area (Å²) >= 11 is 1.41. The molecule has 0 aliphatic heterocycles. The molecule has 0 aliphatic carbocycles. The van der Waals surface area contributed by atoms with Crippen LogP contribution in [0.1, 0.15) is 27.0 Å². The van der Waals surface area contributed by atoms with Gasteiger partial charge in [-0.3, -0.25) is 0 Å². The number of hydrogen-bond donors (Lipinski definition) is 2. The minimum absolute atomic E-state index is 0.303. The monoisotopic (exact) mass is 393 g/mol. The zero-order valence-electron chi connectivity index (χ0n) is 16.2. The number of carboxylic acids is 1. The zero-order chi connectivity index (χ0) is 20.1. The van der Waals surface area contributed by atoms with Gasteiger partial charge in [-0.2, -0.15) is 0 Å². The third kappa shape index (κ3) is 4.70. The number of nitrogens with zero attached hydrogens (tertiary/aromatic N) is 2. The van der Waals surface area contributed by atoms with Crippen molar-refractivity contribution in [2.24, 2.45) is 0 Å². The zero-order valence-corrected chi connectivity index (χ0v) is 17.0. The van der Waals surface area contributed by atoms with Gasteiger partial charge in [-0.15, -0.1) is 11.8 Å². The number of thioether (sulfide) groups is 1. The fourth-order valence-corrected chi connectivity index (χ4v) is 3.55. The van der Waals surface area contributed by atoms with Gasteiger partial charge in [-0.25, -0.2) is 14.8 Å². The highest BCUT2D eigenvalue weighted by molar-refractivity contribution is 7.98. The van der Waals surface area contributed by atoms with E-state index in [1.165, 1.54) is 34.8 Å². The number of carbonyl (C=O) groups is 1. The van der Waals surface area contributed by atoms with Crippen LogP contribution in [0.5, 0.6) is 0 Å². The Morgan fingerprint density at radius 1 is 1.07 bits per heavy atom. The molecule has 3 rings (SSSR count). The molecule has 0 saturated carbocycles. The molecular formula is C22H23N3O2S. The highest BCUT2D eigenvalue weighted by atomic mass is 32.2. The van der Waals surface area contributed by atoms with Gasteiger partial charge < -0.3 is 10.4 Å². The molecule has 0 radical (unpaired) electrons. The summed E-state index contributed by atoms with van der Waals surface area (Å²) in [5.74, 6) is -0.172. The first-order valence-electron chi connectivity index (χ1n) is 9.01. The standard InChI is InChI=1S/C22H23N3O2S/c1-14-4-5-16(10-15(14)2)8-9-23-21-12-19(24-13-25-21)17-6-7-18(22(26)27)20(11-17)28-3/h4-7,10-13H,8-9H2,1-3H3,(H,26,27)(H,23,24,25). The third-order valence-electron chi connectivity index (χ3n) is 4.69. The van der Waals surface area contributed by atoms with Crippen molar-refractivity contribution in [3.63, 3.8) is 0 Å². The van der Waals surface area contributed by atoms with E-state index < -0.39 is 5.97 Å².